The summed E-state index contributed by atoms with van der Waals surface area (Å²) in [6.07, 6.45) is 8.52. The normalized spacial score (nSPS) is 12.2. The summed E-state index contributed by atoms with van der Waals surface area (Å²) in [6, 6.07) is 12.9. The van der Waals surface area contributed by atoms with Crippen LogP contribution >= 0.6 is 8.19 Å². The summed E-state index contributed by atoms with van der Waals surface area (Å²) in [5.74, 6) is 4.30. The Balaban J connectivity index is 0.000000463. The SMILES string of the molecule is CC1=[C-]CC=C1C.[Cl-].[Cl-].[Zr+4].c1ccc2[cH-]c(-n3ccpc3)cc2c1. The van der Waals surface area contributed by atoms with E-state index < -0.39 is 0 Å². The molecule has 1 nitrogen and oxygen atoms in total. The van der Waals surface area contributed by atoms with Crippen LogP contribution in [0, 0.1) is 6.08 Å². The van der Waals surface area contributed by atoms with Gasteiger partial charge in [0.2, 0.25) is 0 Å². The van der Waals surface area contributed by atoms with Gasteiger partial charge in [-0.15, -0.1) is 54.4 Å². The molecule has 0 bridgehead atoms. The Morgan fingerprint density at radius 2 is 1.92 bits per heavy atom. The summed E-state index contributed by atoms with van der Waals surface area (Å²) in [6.45, 7) is 4.22. The van der Waals surface area contributed by atoms with Gasteiger partial charge in [0, 0.05) is 12.1 Å². The van der Waals surface area contributed by atoms with E-state index in [1.807, 2.05) is 0 Å². The van der Waals surface area contributed by atoms with Crippen LogP contribution in [-0.2, 0) is 26.2 Å². The number of hydrogen-bond donors (Lipinski definition) is 0. The first kappa shape index (κ1) is 23.5. The minimum atomic E-state index is 0. The predicted molar refractivity (Wildman–Crippen MR) is 92.2 cm³/mol. The van der Waals surface area contributed by atoms with Crippen molar-refractivity contribution < 1.29 is 51.0 Å². The van der Waals surface area contributed by atoms with Crippen LogP contribution in [-0.4, -0.2) is 4.57 Å². The molecule has 2 aromatic carbocycles. The summed E-state index contributed by atoms with van der Waals surface area (Å²) in [5.41, 5.74) is 3.97. The number of fused-ring (bicyclic) bond motifs is 1. The molecule has 1 aliphatic rings. The van der Waals surface area contributed by atoms with Gasteiger partial charge in [-0.3, -0.25) is 6.08 Å². The molecule has 1 heterocycles. The van der Waals surface area contributed by atoms with E-state index in [0.717, 1.165) is 6.42 Å². The molecule has 0 N–H and O–H groups in total. The number of halogens is 2. The number of nitrogens with zero attached hydrogens (tertiary/aromatic N) is 1. The zero-order valence-corrected chi connectivity index (χ0v) is 18.5. The van der Waals surface area contributed by atoms with Gasteiger partial charge in [-0.05, 0) is 11.5 Å². The molecular formula is C19H18Cl2NPZr. The van der Waals surface area contributed by atoms with E-state index in [0.29, 0.717) is 0 Å². The number of hydrogen-bond acceptors (Lipinski definition) is 0. The molecule has 0 aliphatic heterocycles. The van der Waals surface area contributed by atoms with E-state index in [-0.39, 0.29) is 51.0 Å². The largest absolute Gasteiger partial charge is 4.00 e. The molecule has 0 atom stereocenters. The minimum absolute atomic E-state index is 0. The second-order valence-electron chi connectivity index (χ2n) is 5.21. The molecule has 24 heavy (non-hydrogen) atoms. The van der Waals surface area contributed by atoms with E-state index in [1.165, 1.54) is 35.8 Å². The van der Waals surface area contributed by atoms with E-state index in [4.69, 9.17) is 0 Å². The summed E-state index contributed by atoms with van der Waals surface area (Å²) < 4.78 is 2.17. The van der Waals surface area contributed by atoms with Crippen LogP contribution in [0.5, 0.6) is 0 Å². The predicted octanol–water partition coefficient (Wildman–Crippen LogP) is 0.0209. The van der Waals surface area contributed by atoms with E-state index in [2.05, 4.69) is 84.9 Å². The molecule has 0 radical (unpaired) electrons. The van der Waals surface area contributed by atoms with Crippen LogP contribution in [0.15, 0.2) is 71.5 Å². The maximum absolute atomic E-state index is 3.19. The zero-order chi connectivity index (χ0) is 14.7. The summed E-state index contributed by atoms with van der Waals surface area (Å²) in [4.78, 5) is 0. The molecule has 0 saturated carbocycles. The number of aromatic nitrogens is 1. The third-order valence-corrected chi connectivity index (χ3v) is 4.46. The van der Waals surface area contributed by atoms with Gasteiger partial charge in [0.1, 0.15) is 0 Å². The number of benzene rings is 1. The Labute approximate surface area is 177 Å². The number of rotatable bonds is 1. The third-order valence-electron chi connectivity index (χ3n) is 3.77. The summed E-state index contributed by atoms with van der Waals surface area (Å²) >= 11 is 0. The second kappa shape index (κ2) is 11.2. The molecule has 4 rings (SSSR count). The minimum Gasteiger partial charge on any atom is -1.00 e. The van der Waals surface area contributed by atoms with Crippen molar-refractivity contribution in [2.45, 2.75) is 20.3 Å². The fourth-order valence-electron chi connectivity index (χ4n) is 2.34. The van der Waals surface area contributed by atoms with Crippen LogP contribution in [0.1, 0.15) is 20.3 Å². The smallest absolute Gasteiger partial charge is 1.00 e. The molecule has 0 saturated heterocycles. The first-order valence-corrected chi connectivity index (χ1v) is 8.16. The zero-order valence-electron chi connectivity index (χ0n) is 13.6. The van der Waals surface area contributed by atoms with Crippen molar-refractivity contribution in [1.29, 1.82) is 0 Å². The fourth-order valence-corrected chi connectivity index (χ4v) is 3.00. The van der Waals surface area contributed by atoms with Crippen LogP contribution in [0.2, 0.25) is 0 Å². The fraction of sp³-hybridized carbons (Fsp3) is 0.158. The Kier molecular flexibility index (Phi) is 10.9. The molecule has 1 aliphatic carbocycles. The van der Waals surface area contributed by atoms with Crippen molar-refractivity contribution >= 4 is 19.0 Å². The van der Waals surface area contributed by atoms with Gasteiger partial charge in [-0.2, -0.15) is 6.08 Å². The topological polar surface area (TPSA) is 4.93 Å². The molecule has 3 aromatic rings. The van der Waals surface area contributed by atoms with Crippen LogP contribution in [0.25, 0.3) is 16.5 Å². The molecule has 1 aromatic heterocycles. The quantitative estimate of drug-likeness (QED) is 0.458. The second-order valence-corrected chi connectivity index (χ2v) is 6.03. The van der Waals surface area contributed by atoms with Gasteiger partial charge in [0.05, 0.1) is 0 Å². The van der Waals surface area contributed by atoms with Crippen LogP contribution in [0.4, 0.5) is 0 Å². The van der Waals surface area contributed by atoms with Gasteiger partial charge >= 0.3 is 26.2 Å². The average molecular weight is 453 g/mol. The molecule has 122 valence electrons. The summed E-state index contributed by atoms with van der Waals surface area (Å²) in [5, 5.41) is 2.63. The third kappa shape index (κ3) is 5.78. The van der Waals surface area contributed by atoms with E-state index in [9.17, 15) is 0 Å². The van der Waals surface area contributed by atoms with Gasteiger partial charge < -0.3 is 29.4 Å². The Hall–Kier alpha value is -0.517. The standard InChI is InChI=1S/C12H9NP.C7H9.2ClH.Zr/c1-2-4-11-8-12(7-10(11)3-1)13-5-6-14-9-13;1-6-4-3-5-7(6)2;;;/h1-9H;4H,3H2,1-2H3;2*1H;/q2*-1;;;+4/p-2. The molecular weight excluding hydrogens is 435 g/mol. The van der Waals surface area contributed by atoms with Gasteiger partial charge in [0.15, 0.2) is 0 Å². The van der Waals surface area contributed by atoms with Crippen LogP contribution in [0.3, 0.4) is 0 Å². The molecule has 0 spiro atoms. The Morgan fingerprint density at radius 3 is 2.42 bits per heavy atom. The first-order valence-electron chi connectivity index (χ1n) is 7.12. The molecule has 0 amide bonds. The average Bonchev–Trinajstić information content (AvgIpc) is 3.21. The van der Waals surface area contributed by atoms with Crippen molar-refractivity contribution in [3.05, 3.63) is 77.6 Å². The number of allylic oxidation sites excluding steroid dienone is 4. The van der Waals surface area contributed by atoms with Crippen molar-refractivity contribution in [3.8, 4) is 5.69 Å². The van der Waals surface area contributed by atoms with Gasteiger partial charge in [0.25, 0.3) is 0 Å². The van der Waals surface area contributed by atoms with Crippen molar-refractivity contribution in [3.63, 3.8) is 0 Å². The van der Waals surface area contributed by atoms with Crippen molar-refractivity contribution in [2.75, 3.05) is 0 Å². The monoisotopic (exact) mass is 451 g/mol. The summed E-state index contributed by atoms with van der Waals surface area (Å²) in [7, 11) is 1.26. The van der Waals surface area contributed by atoms with E-state index >= 15 is 0 Å². The van der Waals surface area contributed by atoms with Gasteiger partial charge in [-0.1, -0.05) is 21.2 Å². The van der Waals surface area contributed by atoms with Gasteiger partial charge in [-0.25, -0.2) is 11.1 Å². The Morgan fingerprint density at radius 1 is 1.17 bits per heavy atom. The molecule has 5 heteroatoms. The van der Waals surface area contributed by atoms with Crippen LogP contribution < -0.4 is 24.8 Å². The van der Waals surface area contributed by atoms with E-state index in [1.54, 1.807) is 0 Å². The Bertz CT molecular complexity index is 755. The first-order chi connectivity index (χ1) is 10.2. The maximum Gasteiger partial charge on any atom is 4.00 e. The van der Waals surface area contributed by atoms with Crippen molar-refractivity contribution in [1.82, 2.24) is 4.57 Å². The molecule has 0 unspecified atom stereocenters. The molecule has 0 fully saturated rings. The van der Waals surface area contributed by atoms with Crippen molar-refractivity contribution in [2.24, 2.45) is 0 Å². The maximum atomic E-state index is 3.19.